The number of halogens is 1. The van der Waals surface area contributed by atoms with Crippen LogP contribution >= 0.6 is 15.9 Å². The Balaban J connectivity index is 1.75. The van der Waals surface area contributed by atoms with Crippen molar-refractivity contribution in [2.24, 2.45) is 0 Å². The molecular weight excluding hydrogens is 386 g/mol. The van der Waals surface area contributed by atoms with Crippen LogP contribution in [0, 0.1) is 0 Å². The number of hydrogen-bond acceptors (Lipinski definition) is 4. The smallest absolute Gasteiger partial charge is 0.417 e. The van der Waals surface area contributed by atoms with Gasteiger partial charge < -0.3 is 9.84 Å². The number of carbonyl (C=O) groups excluding carboxylic acids is 2. The van der Waals surface area contributed by atoms with E-state index in [0.29, 0.717) is 12.0 Å². The van der Waals surface area contributed by atoms with Gasteiger partial charge in [-0.2, -0.15) is 0 Å². The molecule has 0 bridgehead atoms. The lowest BCUT2D eigenvalue weighted by Crippen LogP contribution is -2.45. The summed E-state index contributed by atoms with van der Waals surface area (Å²) in [5, 5.41) is 10.4. The maximum Gasteiger partial charge on any atom is 0.417 e. The lowest BCUT2D eigenvalue weighted by Gasteiger charge is -2.24. The Morgan fingerprint density at radius 3 is 2.40 bits per heavy atom. The van der Waals surface area contributed by atoms with Crippen LogP contribution in [0.3, 0.4) is 0 Å². The first kappa shape index (κ1) is 17.6. The molecule has 2 amide bonds. The molecule has 0 saturated carbocycles. The first-order chi connectivity index (χ1) is 12.1. The maximum absolute atomic E-state index is 12.8. The molecule has 0 aromatic heterocycles. The summed E-state index contributed by atoms with van der Waals surface area (Å²) in [5.41, 5.74) is 1.61. The SMILES string of the molecule is O=C1OC[C@@H](Cc2ccccc2)N1C(=O)C(Br)C(O)c1ccccc1. The summed E-state index contributed by atoms with van der Waals surface area (Å²) in [6.45, 7) is 0.153. The summed E-state index contributed by atoms with van der Waals surface area (Å²) in [7, 11) is 0. The van der Waals surface area contributed by atoms with E-state index in [2.05, 4.69) is 15.9 Å². The third kappa shape index (κ3) is 3.91. The van der Waals surface area contributed by atoms with E-state index in [4.69, 9.17) is 4.74 Å². The average Bonchev–Trinajstić information content (AvgIpc) is 3.01. The standard InChI is InChI=1S/C19H18BrNO4/c20-16(17(22)14-9-5-2-6-10-14)18(23)21-15(12-25-19(21)24)11-13-7-3-1-4-8-13/h1-10,15-17,22H,11-12H2/t15-,16?,17?/m1/s1. The van der Waals surface area contributed by atoms with E-state index in [9.17, 15) is 14.7 Å². The van der Waals surface area contributed by atoms with Crippen LogP contribution in [-0.2, 0) is 16.0 Å². The van der Waals surface area contributed by atoms with Gasteiger partial charge in [-0.25, -0.2) is 9.69 Å². The second kappa shape index (κ2) is 7.80. The average molecular weight is 404 g/mol. The zero-order valence-electron chi connectivity index (χ0n) is 13.4. The van der Waals surface area contributed by atoms with Gasteiger partial charge in [0.2, 0.25) is 5.91 Å². The van der Waals surface area contributed by atoms with Gasteiger partial charge in [0.25, 0.3) is 0 Å². The highest BCUT2D eigenvalue weighted by molar-refractivity contribution is 9.10. The minimum Gasteiger partial charge on any atom is -0.447 e. The number of aliphatic hydroxyl groups excluding tert-OH is 1. The number of amides is 2. The van der Waals surface area contributed by atoms with Crippen molar-refractivity contribution in [3.8, 4) is 0 Å². The van der Waals surface area contributed by atoms with Crippen LogP contribution in [0.1, 0.15) is 17.2 Å². The Labute approximate surface area is 154 Å². The minimum absolute atomic E-state index is 0.153. The molecule has 1 heterocycles. The lowest BCUT2D eigenvalue weighted by atomic mass is 10.0. The molecule has 1 aliphatic heterocycles. The van der Waals surface area contributed by atoms with E-state index in [1.807, 2.05) is 36.4 Å². The quantitative estimate of drug-likeness (QED) is 0.778. The molecule has 2 aromatic carbocycles. The monoisotopic (exact) mass is 403 g/mol. The Hall–Kier alpha value is -2.18. The molecule has 0 spiro atoms. The van der Waals surface area contributed by atoms with Gasteiger partial charge in [-0.05, 0) is 17.5 Å². The van der Waals surface area contributed by atoms with Gasteiger partial charge in [0.05, 0.1) is 6.04 Å². The Kier molecular flexibility index (Phi) is 5.50. The molecule has 0 aliphatic carbocycles. The van der Waals surface area contributed by atoms with Gasteiger partial charge in [0, 0.05) is 0 Å². The van der Waals surface area contributed by atoms with Crippen LogP contribution in [0.5, 0.6) is 0 Å². The Morgan fingerprint density at radius 1 is 1.16 bits per heavy atom. The summed E-state index contributed by atoms with van der Waals surface area (Å²) in [4.78, 5) is 25.0. The van der Waals surface area contributed by atoms with E-state index < -0.39 is 22.9 Å². The van der Waals surface area contributed by atoms with E-state index in [-0.39, 0.29) is 12.6 Å². The predicted molar refractivity (Wildman–Crippen MR) is 96.2 cm³/mol. The highest BCUT2D eigenvalue weighted by Crippen LogP contribution is 2.27. The molecular formula is C19H18BrNO4. The minimum atomic E-state index is -1.06. The first-order valence-corrected chi connectivity index (χ1v) is 8.90. The fourth-order valence-electron chi connectivity index (χ4n) is 2.85. The molecule has 1 saturated heterocycles. The highest BCUT2D eigenvalue weighted by atomic mass is 79.9. The van der Waals surface area contributed by atoms with Gasteiger partial charge in [-0.3, -0.25) is 4.79 Å². The summed E-state index contributed by atoms with van der Waals surface area (Å²) in [6.07, 6.45) is -1.21. The molecule has 6 heteroatoms. The van der Waals surface area contributed by atoms with Crippen molar-refractivity contribution in [3.05, 3.63) is 71.8 Å². The number of imide groups is 1. The Morgan fingerprint density at radius 2 is 1.76 bits per heavy atom. The van der Waals surface area contributed by atoms with Crippen molar-refractivity contribution in [3.63, 3.8) is 0 Å². The Bertz CT molecular complexity index is 738. The van der Waals surface area contributed by atoms with Crippen LogP contribution < -0.4 is 0 Å². The van der Waals surface area contributed by atoms with Gasteiger partial charge in [0.15, 0.2) is 0 Å². The fourth-order valence-corrected chi connectivity index (χ4v) is 3.38. The van der Waals surface area contributed by atoms with Crippen LogP contribution in [0.15, 0.2) is 60.7 Å². The van der Waals surface area contributed by atoms with Crippen molar-refractivity contribution in [2.45, 2.75) is 23.4 Å². The third-order valence-electron chi connectivity index (χ3n) is 4.17. The topological polar surface area (TPSA) is 66.8 Å². The van der Waals surface area contributed by atoms with Gasteiger partial charge in [-0.15, -0.1) is 0 Å². The summed E-state index contributed by atoms with van der Waals surface area (Å²) < 4.78 is 5.07. The highest BCUT2D eigenvalue weighted by Gasteiger charge is 2.42. The second-order valence-corrected chi connectivity index (χ2v) is 6.87. The van der Waals surface area contributed by atoms with Gasteiger partial charge in [-0.1, -0.05) is 76.6 Å². The zero-order valence-corrected chi connectivity index (χ0v) is 15.0. The van der Waals surface area contributed by atoms with Crippen LogP contribution in [0.2, 0.25) is 0 Å². The number of ether oxygens (including phenoxy) is 1. The number of hydrogen-bond donors (Lipinski definition) is 1. The molecule has 2 aromatic rings. The molecule has 0 radical (unpaired) electrons. The molecule has 2 unspecified atom stereocenters. The molecule has 5 nitrogen and oxygen atoms in total. The normalized spacial score (nSPS) is 19.4. The van der Waals surface area contributed by atoms with Crippen molar-refractivity contribution < 1.29 is 19.4 Å². The molecule has 3 atom stereocenters. The number of carbonyl (C=O) groups is 2. The molecule has 130 valence electrons. The molecule has 1 fully saturated rings. The summed E-state index contributed by atoms with van der Waals surface area (Å²) in [5.74, 6) is -0.500. The van der Waals surface area contributed by atoms with Gasteiger partial charge >= 0.3 is 6.09 Å². The molecule has 3 rings (SSSR count). The maximum atomic E-state index is 12.8. The van der Waals surface area contributed by atoms with Crippen molar-refractivity contribution >= 4 is 27.9 Å². The summed E-state index contributed by atoms with van der Waals surface area (Å²) >= 11 is 3.25. The van der Waals surface area contributed by atoms with Crippen molar-refractivity contribution in [1.29, 1.82) is 0 Å². The van der Waals surface area contributed by atoms with Crippen molar-refractivity contribution in [1.82, 2.24) is 4.90 Å². The van der Waals surface area contributed by atoms with Crippen molar-refractivity contribution in [2.75, 3.05) is 6.61 Å². The lowest BCUT2D eigenvalue weighted by molar-refractivity contribution is -0.130. The number of benzene rings is 2. The van der Waals surface area contributed by atoms with Crippen LogP contribution in [0.25, 0.3) is 0 Å². The van der Waals surface area contributed by atoms with E-state index in [0.717, 1.165) is 10.5 Å². The molecule has 1 aliphatic rings. The number of cyclic esters (lactones) is 1. The van der Waals surface area contributed by atoms with E-state index in [1.54, 1.807) is 24.3 Å². The van der Waals surface area contributed by atoms with E-state index in [1.165, 1.54) is 0 Å². The first-order valence-electron chi connectivity index (χ1n) is 7.98. The van der Waals surface area contributed by atoms with Gasteiger partial charge in [0.1, 0.15) is 17.5 Å². The van der Waals surface area contributed by atoms with E-state index >= 15 is 0 Å². The molecule has 1 N–H and O–H groups in total. The second-order valence-electron chi connectivity index (χ2n) is 5.89. The fraction of sp³-hybridized carbons (Fsp3) is 0.263. The number of nitrogens with zero attached hydrogens (tertiary/aromatic N) is 1. The third-order valence-corrected chi connectivity index (χ3v) is 5.06. The van der Waals surface area contributed by atoms with Crippen LogP contribution in [0.4, 0.5) is 4.79 Å². The predicted octanol–water partition coefficient (Wildman–Crippen LogP) is 3.07. The van der Waals surface area contributed by atoms with Crippen LogP contribution in [-0.4, -0.2) is 39.5 Å². The summed E-state index contributed by atoms with van der Waals surface area (Å²) in [6, 6.07) is 18.1. The largest absolute Gasteiger partial charge is 0.447 e. The zero-order chi connectivity index (χ0) is 17.8. The number of aliphatic hydroxyl groups is 1. The molecule has 25 heavy (non-hydrogen) atoms. The number of rotatable bonds is 5. The number of alkyl halides is 1.